The standard InChI is InChI=1S/C31H37FN3.HI/c1-8-34-13-14-35(19-34)30-18-25(17-29(33-30)23-9-11-26(32)12-10-23)31-27(21(4)5)15-24(20(2)3)16-28(31)22(6)7;/h9-22H,8H2,1-7H3;1H/q+1;/p-1. The summed E-state index contributed by atoms with van der Waals surface area (Å²) in [4.78, 5) is 5.00. The summed E-state index contributed by atoms with van der Waals surface area (Å²) in [5, 5.41) is 0. The van der Waals surface area contributed by atoms with Crippen LogP contribution < -0.4 is 28.5 Å². The molecular formula is C31H37FIN3. The van der Waals surface area contributed by atoms with Crippen molar-refractivity contribution in [2.24, 2.45) is 0 Å². The second-order valence-electron chi connectivity index (χ2n) is 10.3. The zero-order chi connectivity index (χ0) is 25.3. The number of nitrogens with zero attached hydrogens (tertiary/aromatic N) is 3. The van der Waals surface area contributed by atoms with Gasteiger partial charge in [0, 0.05) is 11.6 Å². The molecule has 0 atom stereocenters. The van der Waals surface area contributed by atoms with Crippen LogP contribution >= 0.6 is 0 Å². The lowest BCUT2D eigenvalue weighted by atomic mass is 9.81. The first-order valence-electron chi connectivity index (χ1n) is 12.7. The Bertz CT molecular complexity index is 1290. The molecule has 0 aliphatic rings. The van der Waals surface area contributed by atoms with Crippen LogP contribution in [0.5, 0.6) is 0 Å². The third-order valence-corrected chi connectivity index (χ3v) is 6.69. The third-order valence-electron chi connectivity index (χ3n) is 6.69. The first kappa shape index (κ1) is 28.0. The van der Waals surface area contributed by atoms with Crippen molar-refractivity contribution in [2.45, 2.75) is 72.8 Å². The molecule has 0 unspecified atom stereocenters. The molecule has 0 amide bonds. The molecule has 0 fully saturated rings. The number of halogens is 2. The Hall–Kier alpha value is -2.54. The van der Waals surface area contributed by atoms with Crippen molar-refractivity contribution < 1.29 is 32.9 Å². The predicted octanol–water partition coefficient (Wildman–Crippen LogP) is 5.03. The minimum absolute atomic E-state index is 0. The van der Waals surface area contributed by atoms with Crippen molar-refractivity contribution in [1.29, 1.82) is 0 Å². The average Bonchev–Trinajstić information content (AvgIpc) is 3.32. The molecule has 0 bridgehead atoms. The molecule has 0 saturated heterocycles. The highest BCUT2D eigenvalue weighted by molar-refractivity contribution is 5.78. The highest BCUT2D eigenvalue weighted by atomic mass is 127. The van der Waals surface area contributed by atoms with E-state index in [-0.39, 0.29) is 29.8 Å². The Morgan fingerprint density at radius 3 is 1.94 bits per heavy atom. The molecule has 5 heteroatoms. The van der Waals surface area contributed by atoms with E-state index in [0.717, 1.165) is 29.2 Å². The molecule has 0 saturated carbocycles. The summed E-state index contributed by atoms with van der Waals surface area (Å²) in [5.74, 6) is 1.83. The van der Waals surface area contributed by atoms with Gasteiger partial charge in [0.15, 0.2) is 0 Å². The van der Waals surface area contributed by atoms with Crippen LogP contribution in [0, 0.1) is 5.82 Å². The highest BCUT2D eigenvalue weighted by Gasteiger charge is 2.21. The molecule has 0 N–H and O–H groups in total. The maximum Gasteiger partial charge on any atom is 0.250 e. The lowest BCUT2D eigenvalue weighted by Crippen LogP contribution is -3.00. The third kappa shape index (κ3) is 5.88. The molecule has 2 aromatic carbocycles. The van der Waals surface area contributed by atoms with E-state index in [0.29, 0.717) is 17.8 Å². The van der Waals surface area contributed by atoms with E-state index in [1.165, 1.54) is 34.4 Å². The normalized spacial score (nSPS) is 11.4. The summed E-state index contributed by atoms with van der Waals surface area (Å²) in [6, 6.07) is 15.7. The van der Waals surface area contributed by atoms with Gasteiger partial charge in [-0.2, -0.15) is 4.57 Å². The lowest BCUT2D eigenvalue weighted by molar-refractivity contribution is -0.692. The van der Waals surface area contributed by atoms with Gasteiger partial charge in [-0.3, -0.25) is 0 Å². The number of benzene rings is 2. The van der Waals surface area contributed by atoms with Crippen LogP contribution in [0.4, 0.5) is 4.39 Å². The van der Waals surface area contributed by atoms with Gasteiger partial charge < -0.3 is 24.0 Å². The van der Waals surface area contributed by atoms with Gasteiger partial charge in [0.2, 0.25) is 12.1 Å². The van der Waals surface area contributed by atoms with Crippen LogP contribution in [0.1, 0.15) is 82.9 Å². The van der Waals surface area contributed by atoms with E-state index in [1.54, 1.807) is 0 Å². The van der Waals surface area contributed by atoms with Crippen molar-refractivity contribution in [3.8, 4) is 28.2 Å². The summed E-state index contributed by atoms with van der Waals surface area (Å²) in [6.07, 6.45) is 6.16. The molecule has 0 radical (unpaired) electrons. The molecule has 36 heavy (non-hydrogen) atoms. The fourth-order valence-corrected chi connectivity index (χ4v) is 4.57. The first-order chi connectivity index (χ1) is 16.7. The van der Waals surface area contributed by atoms with Gasteiger partial charge in [-0.15, -0.1) is 0 Å². The molecule has 190 valence electrons. The van der Waals surface area contributed by atoms with Gasteiger partial charge in [-0.05, 0) is 82.8 Å². The van der Waals surface area contributed by atoms with Gasteiger partial charge in [0.1, 0.15) is 18.2 Å². The molecule has 0 aliphatic carbocycles. The summed E-state index contributed by atoms with van der Waals surface area (Å²) < 4.78 is 17.9. The molecule has 0 aliphatic heterocycles. The number of pyridine rings is 1. The van der Waals surface area contributed by atoms with Crippen LogP contribution in [-0.4, -0.2) is 9.55 Å². The lowest BCUT2D eigenvalue weighted by Gasteiger charge is -2.23. The van der Waals surface area contributed by atoms with Crippen LogP contribution in [0.15, 0.2) is 67.3 Å². The molecule has 4 rings (SSSR count). The van der Waals surface area contributed by atoms with Crippen molar-refractivity contribution in [3.63, 3.8) is 0 Å². The Morgan fingerprint density at radius 1 is 0.833 bits per heavy atom. The number of hydrogen-bond acceptors (Lipinski definition) is 1. The van der Waals surface area contributed by atoms with Gasteiger partial charge in [0.25, 0.3) is 0 Å². The van der Waals surface area contributed by atoms with Crippen molar-refractivity contribution in [2.75, 3.05) is 0 Å². The predicted molar refractivity (Wildman–Crippen MR) is 143 cm³/mol. The maximum absolute atomic E-state index is 13.7. The smallest absolute Gasteiger partial charge is 0.250 e. The molecule has 2 aromatic heterocycles. The van der Waals surface area contributed by atoms with E-state index < -0.39 is 0 Å². The first-order valence-corrected chi connectivity index (χ1v) is 12.7. The fraction of sp³-hybridized carbons (Fsp3) is 0.355. The molecule has 3 nitrogen and oxygen atoms in total. The van der Waals surface area contributed by atoms with Gasteiger partial charge in [-0.25, -0.2) is 13.9 Å². The quantitative estimate of drug-likeness (QED) is 0.217. The second-order valence-corrected chi connectivity index (χ2v) is 10.3. The minimum atomic E-state index is -0.243. The Morgan fingerprint density at radius 2 is 1.44 bits per heavy atom. The summed E-state index contributed by atoms with van der Waals surface area (Å²) in [7, 11) is 0. The van der Waals surface area contributed by atoms with Crippen LogP contribution in [0.3, 0.4) is 0 Å². The summed E-state index contributed by atoms with van der Waals surface area (Å²) >= 11 is 0. The average molecular weight is 598 g/mol. The minimum Gasteiger partial charge on any atom is -1.00 e. The van der Waals surface area contributed by atoms with Gasteiger partial charge in [-0.1, -0.05) is 53.7 Å². The monoisotopic (exact) mass is 597 g/mol. The van der Waals surface area contributed by atoms with E-state index in [1.807, 2.05) is 18.3 Å². The summed E-state index contributed by atoms with van der Waals surface area (Å²) in [6.45, 7) is 16.6. The number of rotatable bonds is 7. The van der Waals surface area contributed by atoms with Crippen molar-refractivity contribution >= 4 is 0 Å². The fourth-order valence-electron chi connectivity index (χ4n) is 4.57. The van der Waals surface area contributed by atoms with Gasteiger partial charge >= 0.3 is 0 Å². The van der Waals surface area contributed by atoms with Crippen molar-refractivity contribution in [3.05, 3.63) is 89.8 Å². The Balaban J connectivity index is 0.00000361. The molecule has 0 spiro atoms. The molecular weight excluding hydrogens is 560 g/mol. The van der Waals surface area contributed by atoms with Crippen LogP contribution in [0.2, 0.25) is 0 Å². The number of hydrogen-bond donors (Lipinski definition) is 0. The number of imidazole rings is 1. The second kappa shape index (κ2) is 11.7. The van der Waals surface area contributed by atoms with Gasteiger partial charge in [0.05, 0.1) is 12.2 Å². The Labute approximate surface area is 232 Å². The number of aryl methyl sites for hydroxylation is 1. The zero-order valence-electron chi connectivity index (χ0n) is 22.4. The van der Waals surface area contributed by atoms with E-state index in [2.05, 4.69) is 94.4 Å². The van der Waals surface area contributed by atoms with Crippen LogP contribution in [-0.2, 0) is 6.54 Å². The van der Waals surface area contributed by atoms with Crippen LogP contribution in [0.25, 0.3) is 28.2 Å². The summed E-state index contributed by atoms with van der Waals surface area (Å²) in [5.41, 5.74) is 8.28. The largest absolute Gasteiger partial charge is 1.00 e. The Kier molecular flexibility index (Phi) is 9.09. The SMILES string of the molecule is CC[n+]1ccn(-c2cc(-c3c(C(C)C)cc(C(C)C)cc3C(C)C)cc(-c3ccc(F)cc3)n2)c1.[I-]. The number of aromatic nitrogens is 3. The van der Waals surface area contributed by atoms with E-state index in [9.17, 15) is 4.39 Å². The molecule has 4 aromatic rings. The highest BCUT2D eigenvalue weighted by Crippen LogP contribution is 2.40. The maximum atomic E-state index is 13.7. The topological polar surface area (TPSA) is 21.7 Å². The zero-order valence-corrected chi connectivity index (χ0v) is 24.5. The van der Waals surface area contributed by atoms with Crippen molar-refractivity contribution in [1.82, 2.24) is 9.55 Å². The van der Waals surface area contributed by atoms with E-state index >= 15 is 0 Å². The molecule has 2 heterocycles. The van der Waals surface area contributed by atoms with E-state index in [4.69, 9.17) is 4.98 Å².